The normalized spacial score (nSPS) is 11.0. The van der Waals surface area contributed by atoms with Gasteiger partial charge in [-0.05, 0) is 38.0 Å². The molecule has 0 radical (unpaired) electrons. The highest BCUT2D eigenvalue weighted by molar-refractivity contribution is 5.85. The third-order valence-electron chi connectivity index (χ3n) is 7.91. The summed E-state index contributed by atoms with van der Waals surface area (Å²) >= 11 is 0. The second-order valence-electron chi connectivity index (χ2n) is 14.2. The summed E-state index contributed by atoms with van der Waals surface area (Å²) in [5.41, 5.74) is -1.15. The van der Waals surface area contributed by atoms with E-state index in [2.05, 4.69) is 33.5 Å². The van der Waals surface area contributed by atoms with E-state index in [9.17, 15) is 38.7 Å². The molecule has 0 unspecified atom stereocenters. The van der Waals surface area contributed by atoms with Crippen LogP contribution in [0.4, 0.5) is 0 Å². The molecule has 0 aliphatic carbocycles. The highest BCUT2D eigenvalue weighted by Gasteiger charge is 2.34. The number of Topliss-reactive ketones (excluding diaryl/α,β-unsaturated/α-hetero) is 1. The number of rotatable bonds is 33. The van der Waals surface area contributed by atoms with Gasteiger partial charge in [0.15, 0.2) is 0 Å². The molecule has 0 heterocycles. The van der Waals surface area contributed by atoms with Crippen LogP contribution in [-0.2, 0) is 57.3 Å². The highest BCUT2D eigenvalue weighted by Crippen LogP contribution is 2.36. The molecule has 0 spiro atoms. The predicted molar refractivity (Wildman–Crippen MR) is 227 cm³/mol. The van der Waals surface area contributed by atoms with Crippen LogP contribution >= 0.6 is 0 Å². The summed E-state index contributed by atoms with van der Waals surface area (Å²) in [6.07, 6.45) is 3.16. The van der Waals surface area contributed by atoms with Gasteiger partial charge in [0.05, 0.1) is 39.6 Å². The molecule has 0 saturated carbocycles. The van der Waals surface area contributed by atoms with Crippen molar-refractivity contribution in [1.29, 1.82) is 0 Å². The molecule has 60 heavy (non-hydrogen) atoms. The summed E-state index contributed by atoms with van der Waals surface area (Å²) in [6, 6.07) is -1.23. The van der Waals surface area contributed by atoms with Gasteiger partial charge in [-0.25, -0.2) is 4.79 Å². The standard InChI is InChI=1S/C36H65N5O12.2C2H6.CH2O2/c1-7-8-13-37-29(43)10-9-14-38-32(46)24-52-21-20-51-18-16-40-33(47)25-53-22-19-50-17-15-39-30(44)12-11-28(34(48)49)41-31(45)23-35(3,4)26-36(5,6)27(2)42;2*1-2;2-1-3/h28H,7-26H2,1-6H3,(H,37,43)(H,38,46)(H,39,44)(H,40,47)(H,41,45)(H,48,49);2*1-2H3;1H,(H,2,3)/t28-;;;/m0.../s1. The minimum atomic E-state index is -1.24. The van der Waals surface area contributed by atoms with Gasteiger partial charge in [-0.3, -0.25) is 33.6 Å². The van der Waals surface area contributed by atoms with Crippen molar-refractivity contribution in [2.45, 2.75) is 127 Å². The molecule has 19 heteroatoms. The van der Waals surface area contributed by atoms with Crippen molar-refractivity contribution >= 4 is 47.8 Å². The fraction of sp³-hybridized carbons (Fsp3) is 0.805. The maximum atomic E-state index is 12.6. The zero-order valence-electron chi connectivity index (χ0n) is 38.1. The van der Waals surface area contributed by atoms with Crippen LogP contribution in [0.15, 0.2) is 0 Å². The fourth-order valence-corrected chi connectivity index (χ4v) is 5.05. The zero-order chi connectivity index (χ0) is 46.8. The lowest BCUT2D eigenvalue weighted by atomic mass is 9.71. The van der Waals surface area contributed by atoms with Crippen LogP contribution in [0.2, 0.25) is 0 Å². The van der Waals surface area contributed by atoms with E-state index < -0.39 is 34.7 Å². The first-order chi connectivity index (χ1) is 28.4. The second-order valence-corrected chi connectivity index (χ2v) is 14.2. The van der Waals surface area contributed by atoms with Gasteiger partial charge in [0.25, 0.3) is 6.47 Å². The molecule has 19 nitrogen and oxygen atoms in total. The number of nitrogens with one attached hydrogen (secondary N) is 5. The smallest absolute Gasteiger partial charge is 0.326 e. The van der Waals surface area contributed by atoms with Crippen LogP contribution in [0.5, 0.6) is 0 Å². The highest BCUT2D eigenvalue weighted by atomic mass is 16.5. The summed E-state index contributed by atoms with van der Waals surface area (Å²) in [7, 11) is 0. The first-order valence-corrected chi connectivity index (χ1v) is 20.9. The number of hydrogen-bond donors (Lipinski definition) is 7. The molecule has 0 saturated heterocycles. The molecule has 5 amide bonds. The van der Waals surface area contributed by atoms with Crippen LogP contribution in [0.25, 0.3) is 0 Å². The Labute approximate surface area is 357 Å². The van der Waals surface area contributed by atoms with Crippen molar-refractivity contribution in [3.8, 4) is 0 Å². The van der Waals surface area contributed by atoms with Crippen molar-refractivity contribution in [2.24, 2.45) is 10.8 Å². The van der Waals surface area contributed by atoms with Crippen molar-refractivity contribution in [3.05, 3.63) is 0 Å². The Morgan fingerprint density at radius 1 is 0.617 bits per heavy atom. The molecule has 0 rings (SSSR count). The van der Waals surface area contributed by atoms with Crippen LogP contribution in [0, 0.1) is 10.8 Å². The van der Waals surface area contributed by atoms with E-state index in [0.717, 1.165) is 12.8 Å². The van der Waals surface area contributed by atoms with E-state index in [1.54, 1.807) is 0 Å². The monoisotopic (exact) mass is 866 g/mol. The van der Waals surface area contributed by atoms with Gasteiger partial charge in [-0.2, -0.15) is 0 Å². The Balaban J connectivity index is -0.00000210. The maximum absolute atomic E-state index is 12.6. The van der Waals surface area contributed by atoms with Gasteiger partial charge in [0.1, 0.15) is 25.0 Å². The number of carboxylic acids is 1. The van der Waals surface area contributed by atoms with E-state index in [0.29, 0.717) is 32.4 Å². The lowest BCUT2D eigenvalue weighted by molar-refractivity contribution is -0.142. The first kappa shape index (κ1) is 62.5. The molecular formula is C41H79N5O14. The number of carbonyl (C=O) groups is 8. The average molecular weight is 866 g/mol. The van der Waals surface area contributed by atoms with Gasteiger partial charge in [-0.15, -0.1) is 0 Å². The molecular weight excluding hydrogens is 786 g/mol. The summed E-state index contributed by atoms with van der Waals surface area (Å²) in [6.45, 7) is 21.1. The summed E-state index contributed by atoms with van der Waals surface area (Å²) < 4.78 is 21.2. The Morgan fingerprint density at radius 3 is 1.50 bits per heavy atom. The summed E-state index contributed by atoms with van der Waals surface area (Å²) in [5.74, 6) is -2.71. The number of hydrogen-bond acceptors (Lipinski definition) is 12. The first-order valence-electron chi connectivity index (χ1n) is 20.9. The lowest BCUT2D eigenvalue weighted by Crippen LogP contribution is -2.43. The summed E-state index contributed by atoms with van der Waals surface area (Å²) in [5, 5.41) is 29.7. The van der Waals surface area contributed by atoms with E-state index in [4.69, 9.17) is 28.8 Å². The molecule has 352 valence electrons. The van der Waals surface area contributed by atoms with Crippen molar-refractivity contribution < 1.29 is 67.5 Å². The van der Waals surface area contributed by atoms with Crippen LogP contribution in [-0.4, -0.2) is 143 Å². The molecule has 0 aliphatic heterocycles. The van der Waals surface area contributed by atoms with Crippen LogP contribution in [0.1, 0.15) is 121 Å². The van der Waals surface area contributed by atoms with E-state index in [-0.39, 0.29) is 115 Å². The number of aliphatic carboxylic acids is 1. The molecule has 0 aliphatic rings. The molecule has 1 atom stereocenters. The van der Waals surface area contributed by atoms with Crippen molar-refractivity contribution in [2.75, 3.05) is 79.0 Å². The van der Waals surface area contributed by atoms with Gasteiger partial charge in [0.2, 0.25) is 29.5 Å². The quantitative estimate of drug-likeness (QED) is 0.0369. The molecule has 0 bridgehead atoms. The minimum absolute atomic E-state index is 0.00842. The Bertz CT molecular complexity index is 1180. The number of ketones is 1. The lowest BCUT2D eigenvalue weighted by Gasteiger charge is -2.33. The average Bonchev–Trinajstić information content (AvgIpc) is 3.18. The van der Waals surface area contributed by atoms with Crippen LogP contribution in [0.3, 0.4) is 0 Å². The Morgan fingerprint density at radius 2 is 1.03 bits per heavy atom. The van der Waals surface area contributed by atoms with E-state index in [1.165, 1.54) is 6.92 Å². The van der Waals surface area contributed by atoms with Gasteiger partial charge < -0.3 is 55.7 Å². The number of carboxylic acid groups (broad SMARTS) is 2. The zero-order valence-corrected chi connectivity index (χ0v) is 38.1. The maximum Gasteiger partial charge on any atom is 0.326 e. The fourth-order valence-electron chi connectivity index (χ4n) is 5.05. The van der Waals surface area contributed by atoms with E-state index >= 15 is 0 Å². The molecule has 0 aromatic rings. The SMILES string of the molecule is CC.CC.CCCCNC(=O)CCCNC(=O)COCCOCCNC(=O)COCCOCCNC(=O)CC[C@H](NC(=O)CC(C)(C)CC(C)(C)C(C)=O)C(=O)O.O=CO. The van der Waals surface area contributed by atoms with Crippen LogP contribution < -0.4 is 26.6 Å². The molecule has 7 N–H and O–H groups in total. The summed E-state index contributed by atoms with van der Waals surface area (Å²) in [4.78, 5) is 91.9. The van der Waals surface area contributed by atoms with Gasteiger partial charge >= 0.3 is 5.97 Å². The topological polar surface area (TPSA) is 274 Å². The molecule has 0 fully saturated rings. The third kappa shape index (κ3) is 41.9. The number of ether oxygens (including phenoxy) is 4. The number of amides is 5. The molecule has 0 aromatic carbocycles. The van der Waals surface area contributed by atoms with E-state index in [1.807, 2.05) is 55.4 Å². The van der Waals surface area contributed by atoms with Gasteiger partial charge in [-0.1, -0.05) is 68.7 Å². The Kier molecular flexibility index (Phi) is 43.2. The molecule has 0 aromatic heterocycles. The van der Waals surface area contributed by atoms with Gasteiger partial charge in [0, 0.05) is 50.9 Å². The third-order valence-corrected chi connectivity index (χ3v) is 7.91. The van der Waals surface area contributed by atoms with Crippen molar-refractivity contribution in [3.63, 3.8) is 0 Å². The Hall–Kier alpha value is -4.20. The number of carbonyl (C=O) groups excluding carboxylic acids is 6. The number of unbranched alkanes of at least 4 members (excludes halogenated alkanes) is 1. The largest absolute Gasteiger partial charge is 0.483 e. The van der Waals surface area contributed by atoms with Crippen molar-refractivity contribution in [1.82, 2.24) is 26.6 Å². The predicted octanol–water partition coefficient (Wildman–Crippen LogP) is 2.62. The second kappa shape index (κ2) is 41.5. The minimum Gasteiger partial charge on any atom is -0.483 e.